The van der Waals surface area contributed by atoms with Crippen molar-refractivity contribution in [3.63, 3.8) is 0 Å². The van der Waals surface area contributed by atoms with E-state index in [0.29, 0.717) is 18.5 Å². The third-order valence-corrected chi connectivity index (χ3v) is 5.85. The summed E-state index contributed by atoms with van der Waals surface area (Å²) in [6.45, 7) is 2.77. The molecule has 0 N–H and O–H groups in total. The fourth-order valence-corrected chi connectivity index (χ4v) is 4.03. The van der Waals surface area contributed by atoms with Gasteiger partial charge in [0, 0.05) is 23.4 Å². The summed E-state index contributed by atoms with van der Waals surface area (Å²) in [4.78, 5) is 17.0. The van der Waals surface area contributed by atoms with Crippen LogP contribution in [-0.2, 0) is 28.9 Å². The number of carbonyl (C=O) groups excluding carboxylic acids is 1. The van der Waals surface area contributed by atoms with Crippen molar-refractivity contribution in [2.45, 2.75) is 39.2 Å². The molecule has 29 heavy (non-hydrogen) atoms. The second-order valence-corrected chi connectivity index (χ2v) is 8.04. The molecule has 0 aliphatic heterocycles. The van der Waals surface area contributed by atoms with Crippen molar-refractivity contribution in [1.82, 2.24) is 9.55 Å². The van der Waals surface area contributed by atoms with Crippen LogP contribution >= 0.6 is 22.9 Å². The summed E-state index contributed by atoms with van der Waals surface area (Å²) in [7, 11) is 1.41. The Labute approximate surface area is 180 Å². The first-order valence-corrected chi connectivity index (χ1v) is 11.0. The van der Waals surface area contributed by atoms with Crippen molar-refractivity contribution >= 4 is 35.0 Å². The van der Waals surface area contributed by atoms with Crippen molar-refractivity contribution < 1.29 is 9.53 Å². The summed E-state index contributed by atoms with van der Waals surface area (Å²) in [5.74, 6) is 0.676. The molecule has 0 spiro atoms. The molecule has 0 radical (unpaired) electrons. The summed E-state index contributed by atoms with van der Waals surface area (Å²) in [5, 5.41) is 4.78. The lowest BCUT2D eigenvalue weighted by atomic mass is 10.1. The number of thiophene rings is 1. The second kappa shape index (κ2) is 10.4. The van der Waals surface area contributed by atoms with Crippen LogP contribution in [0.2, 0.25) is 5.02 Å². The Hall–Kier alpha value is -2.37. The molecule has 152 valence electrons. The average molecular weight is 429 g/mol. The van der Waals surface area contributed by atoms with Crippen LogP contribution in [0.3, 0.4) is 0 Å². The van der Waals surface area contributed by atoms with E-state index < -0.39 is 0 Å². The summed E-state index contributed by atoms with van der Waals surface area (Å²) < 4.78 is 7.17. The van der Waals surface area contributed by atoms with E-state index in [9.17, 15) is 4.79 Å². The molecule has 2 heterocycles. The number of nitrogens with zero attached hydrogens (tertiary/aromatic N) is 2. The van der Waals surface area contributed by atoms with E-state index in [1.165, 1.54) is 7.11 Å². The number of unbranched alkanes of at least 4 members (excludes halogenated alkanes) is 1. The maximum Gasteiger partial charge on any atom is 0.334 e. The highest BCUT2D eigenvalue weighted by Gasteiger charge is 2.15. The van der Waals surface area contributed by atoms with Gasteiger partial charge in [0.05, 0.1) is 25.5 Å². The Kier molecular flexibility index (Phi) is 7.67. The third-order valence-electron chi connectivity index (χ3n) is 4.75. The van der Waals surface area contributed by atoms with Gasteiger partial charge in [-0.2, -0.15) is 11.3 Å². The van der Waals surface area contributed by atoms with E-state index in [1.807, 2.05) is 53.4 Å². The molecule has 0 aliphatic rings. The van der Waals surface area contributed by atoms with Crippen LogP contribution in [0.15, 0.2) is 52.9 Å². The van der Waals surface area contributed by atoms with Gasteiger partial charge in [0.1, 0.15) is 5.82 Å². The lowest BCUT2D eigenvalue weighted by Gasteiger charge is -2.13. The largest absolute Gasteiger partial charge is 0.466 e. The van der Waals surface area contributed by atoms with E-state index in [1.54, 1.807) is 11.3 Å². The topological polar surface area (TPSA) is 44.1 Å². The molecule has 4 nitrogen and oxygen atoms in total. The Morgan fingerprint density at radius 2 is 2.14 bits per heavy atom. The van der Waals surface area contributed by atoms with E-state index in [-0.39, 0.29) is 5.97 Å². The molecule has 0 bridgehead atoms. The summed E-state index contributed by atoms with van der Waals surface area (Å²) in [6.07, 6.45) is 7.28. The van der Waals surface area contributed by atoms with Gasteiger partial charge in [0.2, 0.25) is 0 Å². The van der Waals surface area contributed by atoms with Crippen LogP contribution in [0.5, 0.6) is 0 Å². The number of imidazole rings is 1. The molecule has 3 aromatic rings. The maximum absolute atomic E-state index is 12.4. The van der Waals surface area contributed by atoms with Gasteiger partial charge in [-0.05, 0) is 46.5 Å². The number of rotatable bonds is 9. The average Bonchev–Trinajstić information content (AvgIpc) is 3.37. The van der Waals surface area contributed by atoms with Crippen molar-refractivity contribution in [3.8, 4) is 0 Å². The number of aromatic nitrogens is 2. The summed E-state index contributed by atoms with van der Waals surface area (Å²) in [6, 6.07) is 9.84. The number of benzene rings is 1. The molecule has 2 aromatic heterocycles. The van der Waals surface area contributed by atoms with Gasteiger partial charge in [-0.1, -0.05) is 43.1 Å². The molecule has 0 saturated carbocycles. The van der Waals surface area contributed by atoms with Gasteiger partial charge < -0.3 is 9.30 Å². The zero-order valence-corrected chi connectivity index (χ0v) is 18.3. The number of esters is 1. The Balaban J connectivity index is 1.99. The standard InChI is InChI=1S/C23H25ClN2O2S/c1-3-4-9-22-25-14-20(26(22)15-18-7-5-6-8-21(18)24)13-19(23(27)28-2)12-17-10-11-29-16-17/h5-8,10-11,13-14,16H,3-4,9,12,15H2,1-2H3/b19-13+. The number of hydrogen-bond acceptors (Lipinski definition) is 4. The lowest BCUT2D eigenvalue weighted by molar-refractivity contribution is -0.136. The maximum atomic E-state index is 12.4. The molecule has 0 atom stereocenters. The highest BCUT2D eigenvalue weighted by molar-refractivity contribution is 7.07. The molecule has 1 aromatic carbocycles. The lowest BCUT2D eigenvalue weighted by Crippen LogP contribution is -2.10. The Bertz CT molecular complexity index is 977. The molecule has 6 heteroatoms. The van der Waals surface area contributed by atoms with Gasteiger partial charge in [-0.25, -0.2) is 9.78 Å². The molecule has 0 unspecified atom stereocenters. The van der Waals surface area contributed by atoms with Gasteiger partial charge in [0.15, 0.2) is 0 Å². The Morgan fingerprint density at radius 3 is 2.83 bits per heavy atom. The normalized spacial score (nSPS) is 11.6. The van der Waals surface area contributed by atoms with E-state index in [4.69, 9.17) is 16.3 Å². The first-order chi connectivity index (χ1) is 14.1. The molecule has 0 fully saturated rings. The summed E-state index contributed by atoms with van der Waals surface area (Å²) in [5.41, 5.74) is 3.60. The zero-order chi connectivity index (χ0) is 20.6. The van der Waals surface area contributed by atoms with Crippen LogP contribution in [0.4, 0.5) is 0 Å². The van der Waals surface area contributed by atoms with E-state index >= 15 is 0 Å². The molecule has 0 saturated heterocycles. The number of hydrogen-bond donors (Lipinski definition) is 0. The number of halogens is 1. The van der Waals surface area contributed by atoms with Crippen LogP contribution in [0, 0.1) is 0 Å². The quantitative estimate of drug-likeness (QED) is 0.320. The zero-order valence-electron chi connectivity index (χ0n) is 16.7. The highest BCUT2D eigenvalue weighted by Crippen LogP contribution is 2.22. The van der Waals surface area contributed by atoms with Crippen LogP contribution in [0.25, 0.3) is 6.08 Å². The van der Waals surface area contributed by atoms with Crippen molar-refractivity contribution in [2.24, 2.45) is 0 Å². The number of ether oxygens (including phenoxy) is 1. The number of methoxy groups -OCH3 is 1. The fraction of sp³-hybridized carbons (Fsp3) is 0.304. The number of carbonyl (C=O) groups is 1. The third kappa shape index (κ3) is 5.58. The van der Waals surface area contributed by atoms with E-state index in [2.05, 4.69) is 16.5 Å². The van der Waals surface area contributed by atoms with Gasteiger partial charge in [-0.3, -0.25) is 0 Å². The molecule has 3 rings (SSSR count). The fourth-order valence-electron chi connectivity index (χ4n) is 3.16. The van der Waals surface area contributed by atoms with Crippen molar-refractivity contribution in [2.75, 3.05) is 7.11 Å². The second-order valence-electron chi connectivity index (χ2n) is 6.85. The monoisotopic (exact) mass is 428 g/mol. The minimum atomic E-state index is -0.322. The number of aryl methyl sites for hydroxylation is 1. The van der Waals surface area contributed by atoms with E-state index in [0.717, 1.165) is 46.9 Å². The van der Waals surface area contributed by atoms with Gasteiger partial charge in [0.25, 0.3) is 0 Å². The van der Waals surface area contributed by atoms with Crippen molar-refractivity contribution in [3.05, 3.63) is 80.5 Å². The molecular weight excluding hydrogens is 404 g/mol. The first-order valence-electron chi connectivity index (χ1n) is 9.70. The van der Waals surface area contributed by atoms with Gasteiger partial charge in [-0.15, -0.1) is 0 Å². The van der Waals surface area contributed by atoms with Gasteiger partial charge >= 0.3 is 5.97 Å². The Morgan fingerprint density at radius 1 is 1.31 bits per heavy atom. The van der Waals surface area contributed by atoms with Crippen LogP contribution < -0.4 is 0 Å². The SMILES string of the molecule is CCCCc1ncc(/C=C(\Cc2ccsc2)C(=O)OC)n1Cc1ccccc1Cl. The molecular formula is C23H25ClN2O2S. The minimum Gasteiger partial charge on any atom is -0.466 e. The molecule has 0 amide bonds. The van der Waals surface area contributed by atoms with Crippen LogP contribution in [-0.4, -0.2) is 22.6 Å². The molecule has 0 aliphatic carbocycles. The minimum absolute atomic E-state index is 0.322. The first kappa shape index (κ1) is 21.3. The van der Waals surface area contributed by atoms with Crippen LogP contribution in [0.1, 0.15) is 42.4 Å². The highest BCUT2D eigenvalue weighted by atomic mass is 35.5. The smallest absolute Gasteiger partial charge is 0.334 e. The predicted molar refractivity (Wildman–Crippen MR) is 119 cm³/mol. The predicted octanol–water partition coefficient (Wildman–Crippen LogP) is 5.79. The van der Waals surface area contributed by atoms with Crippen molar-refractivity contribution in [1.29, 1.82) is 0 Å². The summed E-state index contributed by atoms with van der Waals surface area (Å²) >= 11 is 8.02.